The fourth-order valence-corrected chi connectivity index (χ4v) is 4.11. The van der Waals surface area contributed by atoms with Gasteiger partial charge in [0, 0.05) is 18.6 Å². The van der Waals surface area contributed by atoms with Gasteiger partial charge in [-0.15, -0.1) is 5.10 Å². The molecule has 20 heavy (non-hydrogen) atoms. The van der Waals surface area contributed by atoms with Crippen LogP contribution in [0.3, 0.4) is 0 Å². The monoisotopic (exact) mass is 294 g/mol. The smallest absolute Gasteiger partial charge is 0.267 e. The van der Waals surface area contributed by atoms with Gasteiger partial charge >= 0.3 is 0 Å². The van der Waals surface area contributed by atoms with Crippen LogP contribution in [0.4, 0.5) is 0 Å². The molecular weight excluding hydrogens is 272 g/mol. The maximum absolute atomic E-state index is 12.8. The van der Waals surface area contributed by atoms with Crippen LogP contribution in [0.5, 0.6) is 0 Å². The highest BCUT2D eigenvalue weighted by atomic mass is 32.1. The first-order chi connectivity index (χ1) is 9.81. The molecule has 1 N–H and O–H groups in total. The molecule has 0 aliphatic carbocycles. The Labute approximate surface area is 123 Å². The number of hydrogen-bond acceptors (Lipinski definition) is 5. The molecule has 2 fully saturated rings. The van der Waals surface area contributed by atoms with Crippen molar-refractivity contribution in [2.45, 2.75) is 57.5 Å². The van der Waals surface area contributed by atoms with Gasteiger partial charge in [0.25, 0.3) is 5.91 Å². The predicted molar refractivity (Wildman–Crippen MR) is 79.0 cm³/mol. The minimum atomic E-state index is 0.148. The van der Waals surface area contributed by atoms with E-state index in [-0.39, 0.29) is 5.91 Å². The van der Waals surface area contributed by atoms with E-state index in [1.807, 2.05) is 6.92 Å². The van der Waals surface area contributed by atoms with Gasteiger partial charge in [0.05, 0.1) is 5.69 Å². The van der Waals surface area contributed by atoms with Gasteiger partial charge in [-0.25, -0.2) is 0 Å². The topological polar surface area (TPSA) is 58.1 Å². The summed E-state index contributed by atoms with van der Waals surface area (Å²) in [5.74, 6) is 0.148. The molecule has 0 saturated carbocycles. The van der Waals surface area contributed by atoms with E-state index in [0.29, 0.717) is 12.1 Å². The Morgan fingerprint density at radius 1 is 1.40 bits per heavy atom. The van der Waals surface area contributed by atoms with Crippen LogP contribution in [-0.4, -0.2) is 45.6 Å². The highest BCUT2D eigenvalue weighted by Crippen LogP contribution is 2.27. The van der Waals surface area contributed by atoms with E-state index >= 15 is 0 Å². The second kappa shape index (κ2) is 6.18. The van der Waals surface area contributed by atoms with Crippen LogP contribution >= 0.6 is 11.5 Å². The summed E-state index contributed by atoms with van der Waals surface area (Å²) in [6.07, 6.45) is 6.66. The summed E-state index contributed by atoms with van der Waals surface area (Å²) in [7, 11) is 0. The van der Waals surface area contributed by atoms with E-state index in [1.54, 1.807) is 0 Å². The lowest BCUT2D eigenvalue weighted by Gasteiger charge is -2.39. The fraction of sp³-hybridized carbons (Fsp3) is 0.786. The molecule has 1 aromatic heterocycles. The summed E-state index contributed by atoms with van der Waals surface area (Å²) in [6, 6.07) is 0.829. The van der Waals surface area contributed by atoms with Crippen LogP contribution in [0.1, 0.15) is 54.4 Å². The Kier molecular flexibility index (Phi) is 4.31. The van der Waals surface area contributed by atoms with E-state index in [9.17, 15) is 4.79 Å². The van der Waals surface area contributed by atoms with Crippen molar-refractivity contribution < 1.29 is 4.79 Å². The number of carbonyl (C=O) groups excluding carboxylic acids is 1. The fourth-order valence-electron chi connectivity index (χ4n) is 3.40. The van der Waals surface area contributed by atoms with Crippen LogP contribution in [-0.2, 0) is 6.42 Å². The molecule has 2 saturated heterocycles. The highest BCUT2D eigenvalue weighted by Gasteiger charge is 2.35. The van der Waals surface area contributed by atoms with Gasteiger partial charge in [-0.05, 0) is 56.6 Å². The molecule has 6 heteroatoms. The average Bonchev–Trinajstić information content (AvgIpc) is 3.17. The predicted octanol–water partition coefficient (Wildman–Crippen LogP) is 1.85. The Morgan fingerprint density at radius 3 is 3.05 bits per heavy atom. The van der Waals surface area contributed by atoms with E-state index in [1.165, 1.54) is 30.8 Å². The van der Waals surface area contributed by atoms with Gasteiger partial charge in [-0.3, -0.25) is 4.79 Å². The van der Waals surface area contributed by atoms with Gasteiger partial charge < -0.3 is 10.2 Å². The van der Waals surface area contributed by atoms with Crippen molar-refractivity contribution in [3.8, 4) is 0 Å². The van der Waals surface area contributed by atoms with Crippen molar-refractivity contribution in [2.75, 3.05) is 13.1 Å². The summed E-state index contributed by atoms with van der Waals surface area (Å²) in [5, 5.41) is 7.64. The van der Waals surface area contributed by atoms with Gasteiger partial charge in [0.2, 0.25) is 0 Å². The van der Waals surface area contributed by atoms with Crippen LogP contribution in [0.2, 0.25) is 0 Å². The van der Waals surface area contributed by atoms with E-state index in [4.69, 9.17) is 0 Å². The molecule has 2 atom stereocenters. The van der Waals surface area contributed by atoms with E-state index in [2.05, 4.69) is 19.8 Å². The summed E-state index contributed by atoms with van der Waals surface area (Å²) in [4.78, 5) is 15.7. The Morgan fingerprint density at radius 2 is 2.30 bits per heavy atom. The largest absolute Gasteiger partial charge is 0.333 e. The number of nitrogens with zero attached hydrogens (tertiary/aromatic N) is 3. The third-order valence-electron chi connectivity index (χ3n) is 4.46. The number of amides is 1. The lowest BCUT2D eigenvalue weighted by molar-refractivity contribution is 0.0567. The molecule has 5 nitrogen and oxygen atoms in total. The maximum atomic E-state index is 12.8. The molecule has 3 rings (SSSR count). The number of rotatable bonds is 3. The van der Waals surface area contributed by atoms with Crippen LogP contribution in [0, 0.1) is 0 Å². The summed E-state index contributed by atoms with van der Waals surface area (Å²) in [5.41, 5.74) is 0.851. The standard InChI is InChI=1S/C14H22N4OS/c1-2-10-13(20-17-16-10)14(19)18-9-4-3-7-12(18)11-6-5-8-15-11/h11-12,15H,2-9H2,1H3. The first-order valence-corrected chi connectivity index (χ1v) is 8.44. The summed E-state index contributed by atoms with van der Waals surface area (Å²) >= 11 is 1.25. The highest BCUT2D eigenvalue weighted by molar-refractivity contribution is 7.08. The second-order valence-corrected chi connectivity index (χ2v) is 6.42. The molecule has 1 amide bonds. The van der Waals surface area contributed by atoms with Crippen LogP contribution in [0.25, 0.3) is 0 Å². The van der Waals surface area contributed by atoms with Crippen molar-refractivity contribution in [1.29, 1.82) is 0 Å². The number of piperidine rings is 1. The summed E-state index contributed by atoms with van der Waals surface area (Å²) < 4.78 is 3.96. The quantitative estimate of drug-likeness (QED) is 0.924. The number of hydrogen-bond donors (Lipinski definition) is 1. The molecule has 110 valence electrons. The molecule has 1 aromatic rings. The van der Waals surface area contributed by atoms with E-state index in [0.717, 1.165) is 42.9 Å². The number of likely N-dealkylation sites (tertiary alicyclic amines) is 1. The molecule has 0 aromatic carbocycles. The summed E-state index contributed by atoms with van der Waals surface area (Å²) in [6.45, 7) is 3.99. The third-order valence-corrected chi connectivity index (χ3v) is 5.21. The van der Waals surface area contributed by atoms with Crippen molar-refractivity contribution in [3.63, 3.8) is 0 Å². The molecule has 3 heterocycles. The number of nitrogens with one attached hydrogen (secondary N) is 1. The zero-order chi connectivity index (χ0) is 13.9. The molecule has 2 aliphatic rings. The van der Waals surface area contributed by atoms with Crippen molar-refractivity contribution in [1.82, 2.24) is 19.8 Å². The van der Waals surface area contributed by atoms with Crippen molar-refractivity contribution in [3.05, 3.63) is 10.6 Å². The van der Waals surface area contributed by atoms with Gasteiger partial charge in [-0.2, -0.15) is 0 Å². The number of carbonyl (C=O) groups is 1. The maximum Gasteiger partial charge on any atom is 0.267 e. The second-order valence-electron chi connectivity index (χ2n) is 5.67. The van der Waals surface area contributed by atoms with Crippen molar-refractivity contribution >= 4 is 17.4 Å². The number of aryl methyl sites for hydroxylation is 1. The Bertz CT molecular complexity index is 469. The molecule has 0 spiro atoms. The zero-order valence-corrected chi connectivity index (χ0v) is 12.8. The normalized spacial score (nSPS) is 26.9. The van der Waals surface area contributed by atoms with Crippen LogP contribution < -0.4 is 5.32 Å². The minimum Gasteiger partial charge on any atom is -0.333 e. The van der Waals surface area contributed by atoms with Crippen molar-refractivity contribution in [2.24, 2.45) is 0 Å². The molecule has 2 unspecified atom stereocenters. The zero-order valence-electron chi connectivity index (χ0n) is 12.0. The minimum absolute atomic E-state index is 0.148. The SMILES string of the molecule is CCc1nnsc1C(=O)N1CCCCC1C1CCCN1. The molecular formula is C14H22N4OS. The molecule has 2 aliphatic heterocycles. The Balaban J connectivity index is 1.80. The number of aromatic nitrogens is 2. The van der Waals surface area contributed by atoms with E-state index < -0.39 is 0 Å². The Hall–Kier alpha value is -1.01. The van der Waals surface area contributed by atoms with Crippen LogP contribution in [0.15, 0.2) is 0 Å². The van der Waals surface area contributed by atoms with Gasteiger partial charge in [0.1, 0.15) is 4.88 Å². The van der Waals surface area contributed by atoms with Gasteiger partial charge in [-0.1, -0.05) is 11.4 Å². The third kappa shape index (κ3) is 2.59. The average molecular weight is 294 g/mol. The first-order valence-electron chi connectivity index (χ1n) is 7.67. The first kappa shape index (κ1) is 13.9. The molecule has 0 bridgehead atoms. The van der Waals surface area contributed by atoms with Gasteiger partial charge in [0.15, 0.2) is 0 Å². The molecule has 0 radical (unpaired) electrons. The lowest BCUT2D eigenvalue weighted by atomic mass is 9.94. The lowest BCUT2D eigenvalue weighted by Crippen LogP contribution is -2.52.